The van der Waals surface area contributed by atoms with Crippen molar-refractivity contribution in [1.82, 2.24) is 5.32 Å². The molecule has 2 aliphatic heterocycles. The Labute approximate surface area is 139 Å². The summed E-state index contributed by atoms with van der Waals surface area (Å²) < 4.78 is 32.6. The molecule has 0 radical (unpaired) electrons. The molecule has 0 amide bonds. The van der Waals surface area contributed by atoms with E-state index in [-0.39, 0.29) is 12.0 Å². The third kappa shape index (κ3) is 4.67. The summed E-state index contributed by atoms with van der Waals surface area (Å²) in [4.78, 5) is 0. The standard InChI is InChI=1S/C16H23NO5S/c1-19-16-9-12(8-13-10-20-23(18)21-11-13)2-3-15(16)22-14-4-6-17-7-5-14/h2-3,9,13-14,17H,4-8,10-11H2,1H3. The Bertz CT molecular complexity index is 537. The quantitative estimate of drug-likeness (QED) is 0.878. The van der Waals surface area contributed by atoms with Crippen molar-refractivity contribution in [3.8, 4) is 11.5 Å². The molecular formula is C16H23NO5S. The minimum atomic E-state index is -1.58. The first-order valence-electron chi connectivity index (χ1n) is 7.97. The molecular weight excluding hydrogens is 318 g/mol. The van der Waals surface area contributed by atoms with Gasteiger partial charge in [0.15, 0.2) is 11.5 Å². The van der Waals surface area contributed by atoms with Crippen LogP contribution in [0.25, 0.3) is 0 Å². The smallest absolute Gasteiger partial charge is 0.304 e. The molecule has 2 heterocycles. The molecule has 3 rings (SSSR count). The molecule has 1 N–H and O–H groups in total. The molecule has 0 bridgehead atoms. The van der Waals surface area contributed by atoms with Crippen molar-refractivity contribution in [2.45, 2.75) is 25.4 Å². The van der Waals surface area contributed by atoms with E-state index in [1.54, 1.807) is 7.11 Å². The SMILES string of the molecule is COc1cc(CC2COS(=O)OC2)ccc1OC1CCNCC1. The lowest BCUT2D eigenvalue weighted by Gasteiger charge is -2.25. The second-order valence-corrected chi connectivity index (χ2v) is 6.78. The van der Waals surface area contributed by atoms with Crippen molar-refractivity contribution < 1.29 is 22.0 Å². The first-order chi connectivity index (χ1) is 11.2. The van der Waals surface area contributed by atoms with E-state index in [4.69, 9.17) is 17.8 Å². The normalized spacial score (nSPS) is 26.0. The number of ether oxygens (including phenoxy) is 2. The second-order valence-electron chi connectivity index (χ2n) is 5.90. The first-order valence-corrected chi connectivity index (χ1v) is 8.97. The summed E-state index contributed by atoms with van der Waals surface area (Å²) in [6, 6.07) is 6.02. The third-order valence-electron chi connectivity index (χ3n) is 4.13. The summed E-state index contributed by atoms with van der Waals surface area (Å²) in [6.07, 6.45) is 3.06. The first kappa shape index (κ1) is 16.7. The molecule has 7 heteroatoms. The van der Waals surface area contributed by atoms with Crippen molar-refractivity contribution >= 4 is 11.4 Å². The predicted octanol–water partition coefficient (Wildman–Crippen LogP) is 1.61. The van der Waals surface area contributed by atoms with Gasteiger partial charge in [-0.3, -0.25) is 8.37 Å². The van der Waals surface area contributed by atoms with Gasteiger partial charge in [0, 0.05) is 5.92 Å². The van der Waals surface area contributed by atoms with Crippen LogP contribution < -0.4 is 14.8 Å². The van der Waals surface area contributed by atoms with Crippen LogP contribution in [-0.2, 0) is 26.1 Å². The maximum absolute atomic E-state index is 11.0. The largest absolute Gasteiger partial charge is 0.493 e. The Balaban J connectivity index is 1.62. The minimum Gasteiger partial charge on any atom is -0.493 e. The van der Waals surface area contributed by atoms with E-state index in [2.05, 4.69) is 5.32 Å². The number of methoxy groups -OCH3 is 1. The van der Waals surface area contributed by atoms with E-state index >= 15 is 0 Å². The van der Waals surface area contributed by atoms with Gasteiger partial charge in [0.05, 0.1) is 20.3 Å². The number of piperidine rings is 1. The zero-order valence-corrected chi connectivity index (χ0v) is 14.1. The van der Waals surface area contributed by atoms with E-state index in [0.717, 1.165) is 49.4 Å². The molecule has 2 saturated heterocycles. The van der Waals surface area contributed by atoms with Crippen LogP contribution >= 0.6 is 0 Å². The lowest BCUT2D eigenvalue weighted by Crippen LogP contribution is -2.34. The van der Waals surface area contributed by atoms with Gasteiger partial charge >= 0.3 is 11.4 Å². The highest BCUT2D eigenvalue weighted by Crippen LogP contribution is 2.31. The zero-order chi connectivity index (χ0) is 16.1. The zero-order valence-electron chi connectivity index (χ0n) is 13.3. The van der Waals surface area contributed by atoms with Crippen LogP contribution in [0.5, 0.6) is 11.5 Å². The highest BCUT2D eigenvalue weighted by molar-refractivity contribution is 7.75. The fourth-order valence-electron chi connectivity index (χ4n) is 2.87. The van der Waals surface area contributed by atoms with Crippen molar-refractivity contribution in [2.75, 3.05) is 33.4 Å². The number of rotatable bonds is 5. The second kappa shape index (κ2) is 8.10. The van der Waals surface area contributed by atoms with Gasteiger partial charge in [0.25, 0.3) is 0 Å². The number of benzene rings is 1. The van der Waals surface area contributed by atoms with Gasteiger partial charge < -0.3 is 14.8 Å². The van der Waals surface area contributed by atoms with Crippen LogP contribution in [-0.4, -0.2) is 43.7 Å². The van der Waals surface area contributed by atoms with E-state index in [1.165, 1.54) is 0 Å². The van der Waals surface area contributed by atoms with Crippen LogP contribution in [0.3, 0.4) is 0 Å². The van der Waals surface area contributed by atoms with Crippen LogP contribution in [0.15, 0.2) is 18.2 Å². The highest BCUT2D eigenvalue weighted by atomic mass is 32.2. The maximum atomic E-state index is 11.0. The van der Waals surface area contributed by atoms with E-state index in [1.807, 2.05) is 18.2 Å². The molecule has 0 saturated carbocycles. The Kier molecular flexibility index (Phi) is 5.88. The molecule has 0 aromatic heterocycles. The van der Waals surface area contributed by atoms with E-state index < -0.39 is 11.4 Å². The van der Waals surface area contributed by atoms with Crippen molar-refractivity contribution in [2.24, 2.45) is 5.92 Å². The molecule has 23 heavy (non-hydrogen) atoms. The van der Waals surface area contributed by atoms with Crippen LogP contribution in [0.4, 0.5) is 0 Å². The van der Waals surface area contributed by atoms with Gasteiger partial charge in [0.1, 0.15) is 6.10 Å². The molecule has 2 aliphatic rings. The Morgan fingerprint density at radius 2 is 1.96 bits per heavy atom. The fourth-order valence-corrected chi connectivity index (χ4v) is 3.54. The monoisotopic (exact) mass is 341 g/mol. The lowest BCUT2D eigenvalue weighted by molar-refractivity contribution is 0.124. The Hall–Kier alpha value is -1.15. The van der Waals surface area contributed by atoms with Crippen LogP contribution in [0.2, 0.25) is 0 Å². The molecule has 1 aromatic carbocycles. The molecule has 1 aromatic rings. The molecule has 6 nitrogen and oxygen atoms in total. The Morgan fingerprint density at radius 1 is 1.22 bits per heavy atom. The minimum absolute atomic E-state index is 0.202. The Morgan fingerprint density at radius 3 is 2.65 bits per heavy atom. The van der Waals surface area contributed by atoms with Crippen molar-refractivity contribution in [1.29, 1.82) is 0 Å². The third-order valence-corrected chi connectivity index (χ3v) is 4.79. The topological polar surface area (TPSA) is 66.0 Å². The summed E-state index contributed by atoms with van der Waals surface area (Å²) in [7, 11) is 1.66. The van der Waals surface area contributed by atoms with Gasteiger partial charge in [0.2, 0.25) is 0 Å². The van der Waals surface area contributed by atoms with Gasteiger partial charge in [-0.25, -0.2) is 0 Å². The maximum Gasteiger partial charge on any atom is 0.304 e. The van der Waals surface area contributed by atoms with Gasteiger partial charge in [-0.15, -0.1) is 0 Å². The summed E-state index contributed by atoms with van der Waals surface area (Å²) in [5.74, 6) is 1.75. The fraction of sp³-hybridized carbons (Fsp3) is 0.625. The van der Waals surface area contributed by atoms with E-state index in [9.17, 15) is 4.21 Å². The van der Waals surface area contributed by atoms with Gasteiger partial charge in [-0.05, 0) is 50.0 Å². The number of nitrogens with one attached hydrogen (secondary N) is 1. The summed E-state index contributed by atoms with van der Waals surface area (Å²) in [6.45, 7) is 2.88. The summed E-state index contributed by atoms with van der Waals surface area (Å²) in [5.41, 5.74) is 1.13. The molecule has 0 atom stereocenters. The molecule has 0 aliphatic carbocycles. The molecule has 2 fully saturated rings. The van der Waals surface area contributed by atoms with Crippen molar-refractivity contribution in [3.63, 3.8) is 0 Å². The van der Waals surface area contributed by atoms with Crippen molar-refractivity contribution in [3.05, 3.63) is 23.8 Å². The molecule has 0 spiro atoms. The average molecular weight is 341 g/mol. The van der Waals surface area contributed by atoms with Gasteiger partial charge in [-0.2, -0.15) is 4.21 Å². The molecule has 0 unspecified atom stereocenters. The number of hydrogen-bond donors (Lipinski definition) is 1. The number of hydrogen-bond acceptors (Lipinski definition) is 6. The summed E-state index contributed by atoms with van der Waals surface area (Å²) in [5, 5.41) is 3.33. The van der Waals surface area contributed by atoms with Crippen LogP contribution in [0.1, 0.15) is 18.4 Å². The lowest BCUT2D eigenvalue weighted by atomic mass is 10.0. The van der Waals surface area contributed by atoms with E-state index in [0.29, 0.717) is 13.2 Å². The molecule has 128 valence electrons. The predicted molar refractivity (Wildman–Crippen MR) is 86.8 cm³/mol. The van der Waals surface area contributed by atoms with Gasteiger partial charge in [-0.1, -0.05) is 6.07 Å². The average Bonchev–Trinajstić information content (AvgIpc) is 2.59. The summed E-state index contributed by atoms with van der Waals surface area (Å²) >= 11 is -1.58. The van der Waals surface area contributed by atoms with Crippen LogP contribution in [0, 0.1) is 5.92 Å². The highest BCUT2D eigenvalue weighted by Gasteiger charge is 2.21.